The molecule has 2 aliphatic rings. The van der Waals surface area contributed by atoms with Crippen LogP contribution in [0.25, 0.3) is 0 Å². The van der Waals surface area contributed by atoms with Gasteiger partial charge in [0.25, 0.3) is 10.2 Å². The molecule has 2 heterocycles. The van der Waals surface area contributed by atoms with Gasteiger partial charge < -0.3 is 10.5 Å². The van der Waals surface area contributed by atoms with E-state index in [0.717, 1.165) is 19.3 Å². The second-order valence-electron chi connectivity index (χ2n) is 5.58. The Morgan fingerprint density at radius 2 is 1.84 bits per heavy atom. The van der Waals surface area contributed by atoms with Crippen molar-refractivity contribution in [1.82, 2.24) is 8.61 Å². The minimum atomic E-state index is -3.41. The number of rotatable bonds is 3. The lowest BCUT2D eigenvalue weighted by Crippen LogP contribution is -2.57. The highest BCUT2D eigenvalue weighted by Gasteiger charge is 2.39. The summed E-state index contributed by atoms with van der Waals surface area (Å²) in [5.74, 6) is 0. The van der Waals surface area contributed by atoms with Crippen LogP contribution in [0.5, 0.6) is 0 Å². The molecule has 2 fully saturated rings. The third-order valence-corrected chi connectivity index (χ3v) is 5.88. The standard InChI is InChI=1S/C12H25N3O3S/c1-10-8-14(9-11(2)18-10)19(16,17)15-6-4-3-5-12(15)7-13/h10-12H,3-9,13H2,1-2H3/t10-,11+,12-/m1/s1. The fourth-order valence-electron chi connectivity index (χ4n) is 2.98. The molecule has 2 N–H and O–H groups in total. The molecule has 19 heavy (non-hydrogen) atoms. The van der Waals surface area contributed by atoms with Gasteiger partial charge in [-0.2, -0.15) is 17.0 Å². The molecule has 3 atom stereocenters. The van der Waals surface area contributed by atoms with Crippen molar-refractivity contribution in [2.75, 3.05) is 26.2 Å². The third kappa shape index (κ3) is 3.28. The molecule has 0 unspecified atom stereocenters. The Kier molecular flexibility index (Phi) is 4.84. The zero-order chi connectivity index (χ0) is 14.0. The van der Waals surface area contributed by atoms with E-state index in [-0.39, 0.29) is 18.2 Å². The van der Waals surface area contributed by atoms with E-state index in [9.17, 15) is 8.42 Å². The number of morpholine rings is 1. The van der Waals surface area contributed by atoms with Gasteiger partial charge in [-0.1, -0.05) is 6.42 Å². The Morgan fingerprint density at radius 3 is 2.42 bits per heavy atom. The molecule has 112 valence electrons. The number of ether oxygens (including phenoxy) is 1. The van der Waals surface area contributed by atoms with Crippen LogP contribution in [-0.4, -0.2) is 61.5 Å². The van der Waals surface area contributed by atoms with Crippen LogP contribution in [0.2, 0.25) is 0 Å². The van der Waals surface area contributed by atoms with E-state index in [1.807, 2.05) is 13.8 Å². The van der Waals surface area contributed by atoms with Crippen molar-refractivity contribution in [2.24, 2.45) is 5.73 Å². The van der Waals surface area contributed by atoms with Crippen molar-refractivity contribution in [3.8, 4) is 0 Å². The largest absolute Gasteiger partial charge is 0.373 e. The van der Waals surface area contributed by atoms with Crippen molar-refractivity contribution in [1.29, 1.82) is 0 Å². The fourth-order valence-corrected chi connectivity index (χ4v) is 5.00. The van der Waals surface area contributed by atoms with Crippen molar-refractivity contribution in [2.45, 2.75) is 51.4 Å². The molecule has 2 rings (SSSR count). The molecule has 6 nitrogen and oxygen atoms in total. The van der Waals surface area contributed by atoms with Crippen molar-refractivity contribution >= 4 is 10.2 Å². The molecule has 2 aliphatic heterocycles. The minimum absolute atomic E-state index is 0.0489. The number of hydrogen-bond acceptors (Lipinski definition) is 4. The monoisotopic (exact) mass is 291 g/mol. The molecule has 0 aromatic heterocycles. The van der Waals surface area contributed by atoms with Crippen LogP contribution in [0.15, 0.2) is 0 Å². The summed E-state index contributed by atoms with van der Waals surface area (Å²) in [4.78, 5) is 0. The van der Waals surface area contributed by atoms with Crippen molar-refractivity contribution < 1.29 is 13.2 Å². The summed E-state index contributed by atoms with van der Waals surface area (Å²) in [7, 11) is -3.41. The molecule has 0 radical (unpaired) electrons. The normalized spacial score (nSPS) is 35.4. The van der Waals surface area contributed by atoms with E-state index < -0.39 is 10.2 Å². The number of hydrogen-bond donors (Lipinski definition) is 1. The summed E-state index contributed by atoms with van der Waals surface area (Å²) >= 11 is 0. The topological polar surface area (TPSA) is 75.9 Å². The summed E-state index contributed by atoms with van der Waals surface area (Å²) in [6, 6.07) is -0.0489. The average molecular weight is 291 g/mol. The van der Waals surface area contributed by atoms with E-state index in [1.54, 1.807) is 8.61 Å². The Bertz CT molecular complexity index is 391. The fraction of sp³-hybridized carbons (Fsp3) is 1.00. The molecular weight excluding hydrogens is 266 g/mol. The van der Waals surface area contributed by atoms with Gasteiger partial charge in [0.05, 0.1) is 12.2 Å². The van der Waals surface area contributed by atoms with E-state index >= 15 is 0 Å². The molecular formula is C12H25N3O3S. The van der Waals surface area contributed by atoms with E-state index in [2.05, 4.69) is 0 Å². The molecule has 7 heteroatoms. The Morgan fingerprint density at radius 1 is 1.21 bits per heavy atom. The zero-order valence-corrected chi connectivity index (χ0v) is 12.6. The Labute approximate surface area is 116 Å². The van der Waals surface area contributed by atoms with Gasteiger partial charge in [-0.15, -0.1) is 0 Å². The molecule has 0 aliphatic carbocycles. The van der Waals surface area contributed by atoms with Gasteiger partial charge in [0.15, 0.2) is 0 Å². The highest BCUT2D eigenvalue weighted by atomic mass is 32.2. The Balaban J connectivity index is 2.16. The smallest absolute Gasteiger partial charge is 0.282 e. The Hall–Kier alpha value is -0.210. The summed E-state index contributed by atoms with van der Waals surface area (Å²) in [5.41, 5.74) is 5.73. The average Bonchev–Trinajstić information content (AvgIpc) is 2.37. The summed E-state index contributed by atoms with van der Waals surface area (Å²) in [6.45, 7) is 5.67. The van der Waals surface area contributed by atoms with Crippen LogP contribution >= 0.6 is 0 Å². The first-order valence-electron chi connectivity index (χ1n) is 7.07. The lowest BCUT2D eigenvalue weighted by Gasteiger charge is -2.41. The number of nitrogens with two attached hydrogens (primary N) is 1. The lowest BCUT2D eigenvalue weighted by molar-refractivity contribution is -0.0459. The molecule has 0 saturated carbocycles. The first-order valence-corrected chi connectivity index (χ1v) is 8.47. The van der Waals surface area contributed by atoms with Crippen molar-refractivity contribution in [3.05, 3.63) is 0 Å². The van der Waals surface area contributed by atoms with Gasteiger partial charge in [-0.3, -0.25) is 0 Å². The molecule has 0 spiro atoms. The molecule has 2 saturated heterocycles. The maximum atomic E-state index is 12.7. The van der Waals surface area contributed by atoms with Crippen LogP contribution in [-0.2, 0) is 14.9 Å². The quantitative estimate of drug-likeness (QED) is 0.803. The lowest BCUT2D eigenvalue weighted by atomic mass is 10.1. The van der Waals surface area contributed by atoms with Crippen LogP contribution in [0.4, 0.5) is 0 Å². The zero-order valence-electron chi connectivity index (χ0n) is 11.8. The highest BCUT2D eigenvalue weighted by molar-refractivity contribution is 7.86. The second-order valence-corrected chi connectivity index (χ2v) is 7.46. The molecule has 0 bridgehead atoms. The van der Waals surface area contributed by atoms with Crippen LogP contribution < -0.4 is 5.73 Å². The van der Waals surface area contributed by atoms with E-state index in [1.165, 1.54) is 0 Å². The maximum absolute atomic E-state index is 12.7. The molecule has 0 amide bonds. The van der Waals surface area contributed by atoms with Gasteiger partial charge in [-0.25, -0.2) is 0 Å². The van der Waals surface area contributed by atoms with Gasteiger partial charge in [0.2, 0.25) is 0 Å². The first-order chi connectivity index (χ1) is 8.95. The number of piperidine rings is 1. The molecule has 0 aromatic carbocycles. The third-order valence-electron chi connectivity index (χ3n) is 3.85. The minimum Gasteiger partial charge on any atom is -0.373 e. The predicted molar refractivity (Wildman–Crippen MR) is 73.9 cm³/mol. The number of nitrogens with zero attached hydrogens (tertiary/aromatic N) is 2. The second kappa shape index (κ2) is 6.05. The summed E-state index contributed by atoms with van der Waals surface area (Å²) in [5, 5.41) is 0. The van der Waals surface area contributed by atoms with Gasteiger partial charge in [0, 0.05) is 32.2 Å². The highest BCUT2D eigenvalue weighted by Crippen LogP contribution is 2.24. The van der Waals surface area contributed by atoms with Gasteiger partial charge in [0.1, 0.15) is 0 Å². The first kappa shape index (κ1) is 15.2. The maximum Gasteiger partial charge on any atom is 0.282 e. The summed E-state index contributed by atoms with van der Waals surface area (Å²) < 4.78 is 34.2. The van der Waals surface area contributed by atoms with Gasteiger partial charge in [-0.05, 0) is 26.7 Å². The van der Waals surface area contributed by atoms with Crippen LogP contribution in [0.1, 0.15) is 33.1 Å². The van der Waals surface area contributed by atoms with Gasteiger partial charge >= 0.3 is 0 Å². The van der Waals surface area contributed by atoms with Crippen LogP contribution in [0.3, 0.4) is 0 Å². The SMILES string of the molecule is C[C@@H]1CN(S(=O)(=O)N2CCCC[C@@H]2CN)C[C@H](C)O1. The van der Waals surface area contributed by atoms with E-state index in [4.69, 9.17) is 10.5 Å². The summed E-state index contributed by atoms with van der Waals surface area (Å²) in [6.07, 6.45) is 2.74. The van der Waals surface area contributed by atoms with E-state index in [0.29, 0.717) is 26.2 Å². The molecule has 0 aromatic rings. The van der Waals surface area contributed by atoms with Crippen molar-refractivity contribution in [3.63, 3.8) is 0 Å². The van der Waals surface area contributed by atoms with Crippen LogP contribution in [0, 0.1) is 0 Å². The predicted octanol–water partition coefficient (Wildman–Crippen LogP) is 0.154.